The maximum absolute atomic E-state index is 15.2. The van der Waals surface area contributed by atoms with Gasteiger partial charge in [0.1, 0.15) is 29.4 Å². The van der Waals surface area contributed by atoms with E-state index < -0.39 is 29.2 Å². The number of amides is 5. The molecule has 0 radical (unpaired) electrons. The molecule has 3 fully saturated rings. The second-order valence-electron chi connectivity index (χ2n) is 19.2. The largest absolute Gasteiger partial charge is 0.495 e. The maximum atomic E-state index is 15.2. The molecule has 4 aromatic carbocycles. The number of H-pyrrole nitrogens is 1. The number of ether oxygens (including phenoxy) is 2. The van der Waals surface area contributed by atoms with Crippen LogP contribution in [0.15, 0.2) is 85.2 Å². The number of rotatable bonds is 14. The molecule has 0 bridgehead atoms. The molecule has 9 rings (SSSR count). The molecule has 5 amide bonds. The van der Waals surface area contributed by atoms with Crippen LogP contribution in [0.3, 0.4) is 0 Å². The van der Waals surface area contributed by atoms with Crippen molar-refractivity contribution in [3.05, 3.63) is 125 Å². The number of hydrogen-bond acceptors (Lipinski definition) is 10. The van der Waals surface area contributed by atoms with Crippen molar-refractivity contribution in [1.29, 1.82) is 0 Å². The van der Waals surface area contributed by atoms with Gasteiger partial charge in [0.25, 0.3) is 11.8 Å². The van der Waals surface area contributed by atoms with Gasteiger partial charge in [0.15, 0.2) is 0 Å². The van der Waals surface area contributed by atoms with Gasteiger partial charge in [-0.25, -0.2) is 23.5 Å². The van der Waals surface area contributed by atoms with E-state index in [0.29, 0.717) is 76.0 Å². The summed E-state index contributed by atoms with van der Waals surface area (Å²) in [5.74, 6) is -1.58. The first-order chi connectivity index (χ1) is 34.1. The van der Waals surface area contributed by atoms with E-state index in [9.17, 15) is 24.3 Å². The Morgan fingerprint density at radius 2 is 1.66 bits per heavy atom. The lowest BCUT2D eigenvalue weighted by Crippen LogP contribution is -2.49. The molecule has 0 spiro atoms. The van der Waals surface area contributed by atoms with E-state index in [1.807, 2.05) is 35.2 Å². The molecule has 5 heterocycles. The van der Waals surface area contributed by atoms with Gasteiger partial charge < -0.3 is 34.7 Å². The average Bonchev–Trinajstić information content (AvgIpc) is 3.81. The highest BCUT2D eigenvalue weighted by Crippen LogP contribution is 2.36. The van der Waals surface area contributed by atoms with Gasteiger partial charge in [-0.15, -0.1) is 0 Å². The van der Waals surface area contributed by atoms with Crippen LogP contribution in [0.5, 0.6) is 5.75 Å². The van der Waals surface area contributed by atoms with Crippen LogP contribution < -0.4 is 20.3 Å². The summed E-state index contributed by atoms with van der Waals surface area (Å²) < 4.78 is 42.1. The number of methoxy groups -OCH3 is 1. The van der Waals surface area contributed by atoms with Crippen molar-refractivity contribution < 1.29 is 42.5 Å². The lowest BCUT2D eigenvalue weighted by atomic mass is 9.92. The molecule has 0 unspecified atom stereocenters. The van der Waals surface area contributed by atoms with Gasteiger partial charge in [0.2, 0.25) is 5.91 Å². The topological polar surface area (TPSA) is 182 Å². The monoisotopic (exact) mass is 968 g/mol. The molecule has 3 aliphatic rings. The number of carbonyl (C=O) groups is 4. The van der Waals surface area contributed by atoms with Crippen LogP contribution >= 0.6 is 0 Å². The Hall–Kier alpha value is -7.08. The number of imide groups is 1. The van der Waals surface area contributed by atoms with E-state index in [0.717, 1.165) is 74.6 Å². The quantitative estimate of drug-likeness (QED) is 0.0824. The molecule has 71 heavy (non-hydrogen) atoms. The number of hydrogen-bond donors (Lipinski definition) is 4. The summed E-state index contributed by atoms with van der Waals surface area (Å²) in [4.78, 5) is 69.2. The van der Waals surface area contributed by atoms with Crippen molar-refractivity contribution in [2.45, 2.75) is 77.6 Å². The molecule has 4 N–H and O–H groups in total. The molecule has 3 aliphatic heterocycles. The maximum Gasteiger partial charge on any atom is 0.328 e. The highest BCUT2D eigenvalue weighted by Gasteiger charge is 2.30. The van der Waals surface area contributed by atoms with E-state index in [-0.39, 0.29) is 42.1 Å². The molecule has 6 aromatic rings. The number of nitrogens with one attached hydrogen (secondary N) is 3. The minimum Gasteiger partial charge on any atom is -0.495 e. The summed E-state index contributed by atoms with van der Waals surface area (Å²) in [6.45, 7) is 9.80. The summed E-state index contributed by atoms with van der Waals surface area (Å²) in [6, 6.07) is 21.1. The zero-order valence-electron chi connectivity index (χ0n) is 40.3. The molecule has 0 saturated carbocycles. The highest BCUT2D eigenvalue weighted by molar-refractivity contribution is 6.07. The first kappa shape index (κ1) is 48.9. The molecular weight excluding hydrogens is 911 g/mol. The first-order valence-electron chi connectivity index (χ1n) is 24.1. The predicted octanol–water partition coefficient (Wildman–Crippen LogP) is 8.74. The Bertz CT molecular complexity index is 2980. The van der Waals surface area contributed by atoms with Gasteiger partial charge in [-0.2, -0.15) is 0 Å². The molecule has 0 aliphatic carbocycles. The third kappa shape index (κ3) is 11.0. The Labute approximate surface area is 410 Å². The fourth-order valence-corrected chi connectivity index (χ4v) is 9.73. The van der Waals surface area contributed by atoms with Gasteiger partial charge in [-0.3, -0.25) is 24.6 Å². The number of aromatic nitrogens is 3. The number of carbonyl (C=O) groups excluding carboxylic acids is 4. The summed E-state index contributed by atoms with van der Waals surface area (Å²) >= 11 is 0. The molecule has 15 nitrogen and oxygen atoms in total. The van der Waals surface area contributed by atoms with E-state index >= 15 is 8.78 Å². The number of urea groups is 1. The third-order valence-corrected chi connectivity index (χ3v) is 14.0. The van der Waals surface area contributed by atoms with Gasteiger partial charge in [-0.05, 0) is 136 Å². The molecular formula is C54H58F2N8O7. The Morgan fingerprint density at radius 1 is 0.901 bits per heavy atom. The van der Waals surface area contributed by atoms with Crippen LogP contribution in [0.4, 0.5) is 25.0 Å². The fourth-order valence-electron chi connectivity index (χ4n) is 9.73. The van der Waals surface area contributed by atoms with E-state index in [2.05, 4.69) is 30.5 Å². The number of fused-ring (bicyclic) bond motifs is 1. The van der Waals surface area contributed by atoms with Crippen molar-refractivity contribution in [3.8, 4) is 28.3 Å². The SMILES string of the molecule is COc1ccc(C(=O)N2CCC(CCN3CCC(OCc4ccc(-c5cc6c(-c7cc(F)cc(NC(=O)c8ccc(C(C)(C)O)cc8F)c7C)ncnc6[nH]5)cc4)CC3)CC2)cc1N1CCC(=O)NC1=O. The predicted molar refractivity (Wildman–Crippen MR) is 265 cm³/mol. The van der Waals surface area contributed by atoms with Crippen molar-refractivity contribution in [2.75, 3.05) is 56.6 Å². The van der Waals surface area contributed by atoms with Crippen LogP contribution in [-0.2, 0) is 21.7 Å². The molecule has 370 valence electrons. The Balaban J connectivity index is 0.740. The Kier molecular flexibility index (Phi) is 14.3. The summed E-state index contributed by atoms with van der Waals surface area (Å²) in [5, 5.41) is 15.9. The number of benzene rings is 4. The number of anilines is 2. The van der Waals surface area contributed by atoms with Gasteiger partial charge in [-0.1, -0.05) is 30.3 Å². The second-order valence-corrected chi connectivity index (χ2v) is 19.2. The smallest absolute Gasteiger partial charge is 0.328 e. The number of halogens is 2. The number of nitrogens with zero attached hydrogens (tertiary/aromatic N) is 5. The van der Waals surface area contributed by atoms with Crippen LogP contribution in [-0.4, -0.2) is 106 Å². The highest BCUT2D eigenvalue weighted by atomic mass is 19.1. The number of piperidine rings is 2. The first-order valence-corrected chi connectivity index (χ1v) is 24.1. The van der Waals surface area contributed by atoms with E-state index in [1.165, 1.54) is 56.4 Å². The minimum atomic E-state index is -1.29. The lowest BCUT2D eigenvalue weighted by molar-refractivity contribution is -0.120. The summed E-state index contributed by atoms with van der Waals surface area (Å²) in [6.07, 6.45) is 6.61. The normalized spacial score (nSPS) is 16.4. The number of likely N-dealkylation sites (tertiary alicyclic amines) is 2. The summed E-state index contributed by atoms with van der Waals surface area (Å²) in [5.41, 5.74) is 4.66. The molecule has 17 heteroatoms. The van der Waals surface area contributed by atoms with Crippen LogP contribution in [0.2, 0.25) is 0 Å². The Morgan fingerprint density at radius 3 is 2.37 bits per heavy atom. The zero-order chi connectivity index (χ0) is 50.0. The standard InChI is InChI=1S/C54H58F2N8O7/c1-32-41(27-38(55)28-44(32)60-51(66)40-11-10-37(26-43(40)56)54(2,3)69)49-42-29-45(59-50(42)58-31-57-49)35-7-5-34(6-8-35)30-71-39-16-20-62(21-17-39)19-13-33-14-22-63(23-15-33)52(67)36-9-12-47(70-4)46(25-36)64-24-18-48(65)61-53(64)68/h5-12,25-29,31,33,39,69H,13-24,30H2,1-4H3,(H,60,66)(H,57,58,59)(H,61,65,68). The van der Waals surface area contributed by atoms with E-state index in [4.69, 9.17) is 9.47 Å². The average molecular weight is 969 g/mol. The van der Waals surface area contributed by atoms with Crippen molar-refractivity contribution >= 4 is 46.2 Å². The van der Waals surface area contributed by atoms with Crippen molar-refractivity contribution in [3.63, 3.8) is 0 Å². The minimum absolute atomic E-state index is 0.0761. The fraction of sp³-hybridized carbons (Fsp3) is 0.370. The van der Waals surface area contributed by atoms with Crippen LogP contribution in [0, 0.1) is 24.5 Å². The van der Waals surface area contributed by atoms with Crippen LogP contribution in [0.1, 0.15) is 89.8 Å². The number of aliphatic hydroxyl groups is 1. The van der Waals surface area contributed by atoms with E-state index in [1.54, 1.807) is 25.1 Å². The second kappa shape index (κ2) is 20.7. The van der Waals surface area contributed by atoms with Gasteiger partial charge in [0, 0.05) is 67.0 Å². The molecule has 3 saturated heterocycles. The summed E-state index contributed by atoms with van der Waals surface area (Å²) in [7, 11) is 1.51. The molecule has 0 atom stereocenters. The lowest BCUT2D eigenvalue weighted by Gasteiger charge is -2.35. The number of aromatic amines is 1. The molecule has 2 aromatic heterocycles. The van der Waals surface area contributed by atoms with Crippen molar-refractivity contribution in [2.24, 2.45) is 5.92 Å². The van der Waals surface area contributed by atoms with Crippen molar-refractivity contribution in [1.82, 2.24) is 30.1 Å². The third-order valence-electron chi connectivity index (χ3n) is 14.0. The van der Waals surface area contributed by atoms with Gasteiger partial charge in [0.05, 0.1) is 42.4 Å². The van der Waals surface area contributed by atoms with Crippen LogP contribution in [0.25, 0.3) is 33.5 Å². The van der Waals surface area contributed by atoms with Gasteiger partial charge >= 0.3 is 6.03 Å². The zero-order valence-corrected chi connectivity index (χ0v) is 40.3.